The third-order valence-electron chi connectivity index (χ3n) is 7.19. The van der Waals surface area contributed by atoms with Crippen molar-refractivity contribution in [3.05, 3.63) is 35.5 Å². The van der Waals surface area contributed by atoms with Crippen LogP contribution in [0.1, 0.15) is 19.3 Å². The Balaban J connectivity index is 1.78. The number of hydrogen-bond acceptors (Lipinski definition) is 4. The van der Waals surface area contributed by atoms with E-state index in [4.69, 9.17) is 4.74 Å². The van der Waals surface area contributed by atoms with E-state index in [-0.39, 0.29) is 11.5 Å². The van der Waals surface area contributed by atoms with Crippen LogP contribution in [0.5, 0.6) is 0 Å². The predicted molar refractivity (Wildman–Crippen MR) is 94.9 cm³/mol. The fraction of sp³-hybridized carbons (Fsp3) is 0.684. The van der Waals surface area contributed by atoms with Crippen molar-refractivity contribution in [2.75, 3.05) is 18.9 Å². The second-order valence-corrected chi connectivity index (χ2v) is 8.81. The second-order valence-electron chi connectivity index (χ2n) is 8.01. The normalized spacial score (nSPS) is 51.9. The summed E-state index contributed by atoms with van der Waals surface area (Å²) in [5.74, 6) is 0.360. The average molecular weight is 394 g/mol. The van der Waals surface area contributed by atoms with Crippen LogP contribution in [0.25, 0.3) is 0 Å². The van der Waals surface area contributed by atoms with Gasteiger partial charge in [0.25, 0.3) is 0 Å². The quantitative estimate of drug-likeness (QED) is 0.554. The molecule has 2 fully saturated rings. The Bertz CT molecular complexity index is 674. The van der Waals surface area contributed by atoms with Crippen LogP contribution >= 0.6 is 15.9 Å². The van der Waals surface area contributed by atoms with E-state index < -0.39 is 17.8 Å². The van der Waals surface area contributed by atoms with Crippen LogP contribution in [-0.4, -0.2) is 64.0 Å². The highest BCUT2D eigenvalue weighted by Crippen LogP contribution is 2.67. The standard InChI is InChI=1S/C19H24BrNO3/c1-21-9-7-18-12-3-4-14(22)17(18)24-19(6-8-20)15(23)5-2-11(16(18)19)10-13(12)21/h2-5,12-15,17,22-23H,6-10H2,1H3/t12-,13+,14-,15?,17-,18-,19?/m0/s1. The summed E-state index contributed by atoms with van der Waals surface area (Å²) in [6.07, 6.45) is 9.40. The Kier molecular flexibility index (Phi) is 3.31. The van der Waals surface area contributed by atoms with E-state index in [1.165, 1.54) is 11.1 Å². The number of rotatable bonds is 2. The number of halogens is 1. The molecule has 5 aliphatic rings. The minimum atomic E-state index is -0.676. The number of aliphatic hydroxyl groups excluding tert-OH is 2. The summed E-state index contributed by atoms with van der Waals surface area (Å²) in [4.78, 5) is 2.46. The molecule has 0 aromatic heterocycles. The maximum atomic E-state index is 10.9. The topological polar surface area (TPSA) is 52.9 Å². The first kappa shape index (κ1) is 15.8. The molecule has 2 saturated heterocycles. The first-order chi connectivity index (χ1) is 11.5. The van der Waals surface area contributed by atoms with Gasteiger partial charge in [-0.2, -0.15) is 0 Å². The average Bonchev–Trinajstić information content (AvgIpc) is 2.87. The lowest BCUT2D eigenvalue weighted by atomic mass is 9.50. The summed E-state index contributed by atoms with van der Waals surface area (Å²) in [6, 6.07) is 0.451. The van der Waals surface area contributed by atoms with Gasteiger partial charge in [-0.1, -0.05) is 40.2 Å². The van der Waals surface area contributed by atoms with Gasteiger partial charge >= 0.3 is 0 Å². The monoisotopic (exact) mass is 393 g/mol. The van der Waals surface area contributed by atoms with Gasteiger partial charge in [-0.25, -0.2) is 0 Å². The molecule has 2 bridgehead atoms. The van der Waals surface area contributed by atoms with Crippen molar-refractivity contribution in [3.63, 3.8) is 0 Å². The smallest absolute Gasteiger partial charge is 0.121 e. The van der Waals surface area contributed by atoms with Crippen molar-refractivity contribution < 1.29 is 14.9 Å². The molecule has 5 rings (SSSR count). The van der Waals surface area contributed by atoms with Gasteiger partial charge < -0.3 is 19.8 Å². The van der Waals surface area contributed by atoms with Crippen LogP contribution in [-0.2, 0) is 4.74 Å². The van der Waals surface area contributed by atoms with E-state index in [0.717, 1.165) is 31.1 Å². The lowest BCUT2D eigenvalue weighted by Gasteiger charge is -2.58. The van der Waals surface area contributed by atoms with Crippen molar-refractivity contribution in [1.29, 1.82) is 0 Å². The number of aliphatic hydroxyl groups is 2. The Hall–Kier alpha value is -0.460. The van der Waals surface area contributed by atoms with Crippen LogP contribution in [0.2, 0.25) is 0 Å². The van der Waals surface area contributed by atoms with E-state index in [1.54, 1.807) is 0 Å². The van der Waals surface area contributed by atoms with E-state index >= 15 is 0 Å². The third-order valence-corrected chi connectivity index (χ3v) is 7.58. The molecule has 0 saturated carbocycles. The van der Waals surface area contributed by atoms with Gasteiger partial charge in [0, 0.05) is 22.7 Å². The summed E-state index contributed by atoms with van der Waals surface area (Å²) in [5.41, 5.74) is 1.79. The Morgan fingerprint density at radius 2 is 2.17 bits per heavy atom. The summed E-state index contributed by atoms with van der Waals surface area (Å²) in [7, 11) is 2.21. The van der Waals surface area contributed by atoms with Crippen LogP contribution < -0.4 is 0 Å². The number of nitrogens with zero attached hydrogens (tertiary/aromatic N) is 1. The Morgan fingerprint density at radius 1 is 1.33 bits per heavy atom. The Morgan fingerprint density at radius 3 is 2.96 bits per heavy atom. The second kappa shape index (κ2) is 5.04. The van der Waals surface area contributed by atoms with Gasteiger partial charge in [0.15, 0.2) is 0 Å². The zero-order valence-electron chi connectivity index (χ0n) is 13.9. The summed E-state index contributed by atoms with van der Waals surface area (Å²) >= 11 is 3.56. The molecule has 1 spiro atoms. The fourth-order valence-electron chi connectivity index (χ4n) is 6.26. The zero-order valence-corrected chi connectivity index (χ0v) is 15.4. The number of likely N-dealkylation sites (tertiary alicyclic amines) is 1. The molecule has 4 nitrogen and oxygen atoms in total. The van der Waals surface area contributed by atoms with Crippen LogP contribution in [0.4, 0.5) is 0 Å². The van der Waals surface area contributed by atoms with Gasteiger partial charge in [-0.05, 0) is 44.0 Å². The minimum Gasteiger partial charge on any atom is -0.386 e. The predicted octanol–water partition coefficient (Wildman–Crippen LogP) is 1.78. The van der Waals surface area contributed by atoms with Gasteiger partial charge in [-0.15, -0.1) is 0 Å². The molecular weight excluding hydrogens is 370 g/mol. The third kappa shape index (κ3) is 1.64. The molecule has 0 aromatic carbocycles. The summed E-state index contributed by atoms with van der Waals surface area (Å²) < 4.78 is 6.61. The van der Waals surface area contributed by atoms with Crippen molar-refractivity contribution in [3.8, 4) is 0 Å². The van der Waals surface area contributed by atoms with E-state index in [1.807, 2.05) is 12.2 Å². The molecule has 0 aromatic rings. The van der Waals surface area contributed by atoms with Crippen LogP contribution in [0, 0.1) is 11.3 Å². The maximum Gasteiger partial charge on any atom is 0.121 e. The Labute approximate surface area is 151 Å². The number of ether oxygens (including phenoxy) is 1. The van der Waals surface area contributed by atoms with E-state index in [0.29, 0.717) is 12.0 Å². The molecule has 5 heteroatoms. The molecular formula is C19H24BrNO3. The van der Waals surface area contributed by atoms with E-state index in [2.05, 4.69) is 40.0 Å². The molecule has 2 N–H and O–H groups in total. The molecule has 2 aliphatic heterocycles. The first-order valence-corrected chi connectivity index (χ1v) is 10.1. The first-order valence-electron chi connectivity index (χ1n) is 8.95. The van der Waals surface area contributed by atoms with E-state index in [9.17, 15) is 10.2 Å². The van der Waals surface area contributed by atoms with Crippen LogP contribution in [0.15, 0.2) is 35.5 Å². The van der Waals surface area contributed by atoms with Gasteiger partial charge in [-0.3, -0.25) is 0 Å². The molecule has 0 radical (unpaired) electrons. The van der Waals surface area contributed by atoms with Gasteiger partial charge in [0.05, 0.1) is 12.2 Å². The number of hydrogen-bond donors (Lipinski definition) is 2. The molecule has 0 amide bonds. The summed E-state index contributed by atoms with van der Waals surface area (Å²) in [5, 5.41) is 22.4. The highest BCUT2D eigenvalue weighted by Gasteiger charge is 2.70. The number of alkyl halides is 1. The molecule has 3 aliphatic carbocycles. The van der Waals surface area contributed by atoms with Gasteiger partial charge in [0.2, 0.25) is 0 Å². The number of piperidine rings is 1. The highest BCUT2D eigenvalue weighted by molar-refractivity contribution is 9.09. The number of allylic oxidation sites excluding steroid dienone is 1. The highest BCUT2D eigenvalue weighted by atomic mass is 79.9. The lowest BCUT2D eigenvalue weighted by Crippen LogP contribution is -2.62. The van der Waals surface area contributed by atoms with Crippen molar-refractivity contribution in [2.24, 2.45) is 11.3 Å². The molecule has 24 heavy (non-hydrogen) atoms. The SMILES string of the molecule is CN1CC[C@]23C4=C5C=CC(O)C4(CCBr)O[C@H]2[C@@H](O)C=C[C@H]3[C@H]1C5. The largest absolute Gasteiger partial charge is 0.386 e. The van der Waals surface area contributed by atoms with Crippen molar-refractivity contribution in [1.82, 2.24) is 4.90 Å². The maximum absolute atomic E-state index is 10.9. The lowest BCUT2D eigenvalue weighted by molar-refractivity contribution is -0.141. The van der Waals surface area contributed by atoms with Crippen molar-refractivity contribution in [2.45, 2.75) is 49.2 Å². The fourth-order valence-corrected chi connectivity index (χ4v) is 6.84. The minimum absolute atomic E-state index is 0.160. The molecule has 130 valence electrons. The van der Waals surface area contributed by atoms with Crippen LogP contribution in [0.3, 0.4) is 0 Å². The molecule has 2 heterocycles. The molecule has 2 unspecified atom stereocenters. The summed E-state index contributed by atoms with van der Waals surface area (Å²) in [6.45, 7) is 1.02. The van der Waals surface area contributed by atoms with Crippen molar-refractivity contribution >= 4 is 15.9 Å². The molecule has 7 atom stereocenters. The zero-order chi connectivity index (χ0) is 16.7. The van der Waals surface area contributed by atoms with Gasteiger partial charge in [0.1, 0.15) is 11.7 Å².